The zero-order valence-corrected chi connectivity index (χ0v) is 19.1. The van der Waals surface area contributed by atoms with Crippen LogP contribution < -0.4 is 14.5 Å². The summed E-state index contributed by atoms with van der Waals surface area (Å²) in [6.07, 6.45) is 3.16. The average molecular weight is 437 g/mol. The van der Waals surface area contributed by atoms with Crippen LogP contribution in [0, 0.1) is 0 Å². The van der Waals surface area contributed by atoms with Gasteiger partial charge in [0.05, 0.1) is 19.3 Å². The number of rotatable bonds is 4. The molecule has 0 radical (unpaired) electrons. The summed E-state index contributed by atoms with van der Waals surface area (Å²) in [6, 6.07) is 7.40. The largest absolute Gasteiger partial charge is 0.497 e. The van der Waals surface area contributed by atoms with Crippen molar-refractivity contribution in [2.45, 2.75) is 25.8 Å². The third-order valence-corrected chi connectivity index (χ3v) is 6.82. The molecule has 0 spiro atoms. The summed E-state index contributed by atoms with van der Waals surface area (Å²) < 4.78 is 5.31. The van der Waals surface area contributed by atoms with Crippen molar-refractivity contribution in [1.82, 2.24) is 19.8 Å². The second-order valence-corrected chi connectivity index (χ2v) is 8.97. The fourth-order valence-electron chi connectivity index (χ4n) is 4.83. The van der Waals surface area contributed by atoms with Crippen LogP contribution >= 0.6 is 0 Å². The van der Waals surface area contributed by atoms with Crippen molar-refractivity contribution >= 4 is 17.7 Å². The Labute approximate surface area is 189 Å². The number of ether oxygens (including phenoxy) is 1. The first-order valence-corrected chi connectivity index (χ1v) is 11.6. The number of methoxy groups -OCH3 is 1. The number of anilines is 2. The van der Waals surface area contributed by atoms with Gasteiger partial charge in [0.1, 0.15) is 11.6 Å². The molecule has 0 aliphatic carbocycles. The zero-order chi connectivity index (χ0) is 22.1. The highest BCUT2D eigenvalue weighted by Gasteiger charge is 2.30. The van der Waals surface area contributed by atoms with E-state index in [1.54, 1.807) is 7.11 Å². The second-order valence-electron chi connectivity index (χ2n) is 8.97. The van der Waals surface area contributed by atoms with Crippen LogP contribution in [0.5, 0.6) is 5.75 Å². The normalized spacial score (nSPS) is 19.2. The lowest BCUT2D eigenvalue weighted by Gasteiger charge is -2.37. The molecule has 3 aliphatic heterocycles. The molecule has 5 rings (SSSR count). The first-order chi connectivity index (χ1) is 15.6. The molecule has 0 bridgehead atoms. The highest BCUT2D eigenvalue weighted by Crippen LogP contribution is 2.31. The molecule has 4 heterocycles. The fourth-order valence-corrected chi connectivity index (χ4v) is 4.83. The van der Waals surface area contributed by atoms with Crippen molar-refractivity contribution in [3.8, 4) is 5.75 Å². The molecule has 8 nitrogen and oxygen atoms in total. The quantitative estimate of drug-likeness (QED) is 0.727. The minimum atomic E-state index is 0.0301. The molecule has 0 N–H and O–H groups in total. The number of hydrogen-bond donors (Lipinski definition) is 0. The van der Waals surface area contributed by atoms with Gasteiger partial charge < -0.3 is 24.3 Å². The number of amides is 1. The van der Waals surface area contributed by atoms with E-state index in [2.05, 4.69) is 21.7 Å². The van der Waals surface area contributed by atoms with Gasteiger partial charge in [-0.25, -0.2) is 4.98 Å². The lowest BCUT2D eigenvalue weighted by molar-refractivity contribution is 0.0733. The summed E-state index contributed by atoms with van der Waals surface area (Å²) in [4.78, 5) is 32.3. The van der Waals surface area contributed by atoms with Gasteiger partial charge >= 0.3 is 0 Å². The van der Waals surface area contributed by atoms with Crippen molar-refractivity contribution < 1.29 is 9.53 Å². The number of aromatic nitrogens is 2. The molecular formula is C24H32N6O2. The number of hydrogen-bond acceptors (Lipinski definition) is 7. The molecule has 1 aromatic heterocycles. The number of likely N-dealkylation sites (N-methyl/N-ethyl adjacent to an activating group) is 1. The van der Waals surface area contributed by atoms with E-state index in [-0.39, 0.29) is 5.91 Å². The molecule has 8 heteroatoms. The molecule has 2 saturated heterocycles. The Balaban J connectivity index is 1.46. The fraction of sp³-hybridized carbons (Fsp3) is 0.542. The summed E-state index contributed by atoms with van der Waals surface area (Å²) in [6.45, 7) is 7.21. The summed E-state index contributed by atoms with van der Waals surface area (Å²) in [5, 5.41) is 0. The molecular weight excluding hydrogens is 404 g/mol. The molecule has 170 valence electrons. The Morgan fingerprint density at radius 1 is 0.969 bits per heavy atom. The maximum absolute atomic E-state index is 13.3. The maximum Gasteiger partial charge on any atom is 0.254 e. The van der Waals surface area contributed by atoms with E-state index in [0.717, 1.165) is 68.7 Å². The van der Waals surface area contributed by atoms with Gasteiger partial charge in [-0.2, -0.15) is 4.98 Å². The van der Waals surface area contributed by atoms with E-state index < -0.39 is 0 Å². The van der Waals surface area contributed by atoms with Crippen LogP contribution in [0.3, 0.4) is 0 Å². The topological polar surface area (TPSA) is 65.0 Å². The molecule has 32 heavy (non-hydrogen) atoms. The number of carbonyl (C=O) groups is 1. The molecule has 2 fully saturated rings. The second kappa shape index (κ2) is 8.94. The van der Waals surface area contributed by atoms with Gasteiger partial charge in [-0.3, -0.25) is 4.79 Å². The number of benzene rings is 1. The van der Waals surface area contributed by atoms with E-state index in [0.29, 0.717) is 24.4 Å². The number of nitrogens with zero attached hydrogens (tertiary/aromatic N) is 6. The van der Waals surface area contributed by atoms with Crippen LogP contribution in [0.4, 0.5) is 11.8 Å². The smallest absolute Gasteiger partial charge is 0.254 e. The number of fused-ring (bicyclic) bond motifs is 1. The van der Waals surface area contributed by atoms with Gasteiger partial charge in [-0.05, 0) is 38.1 Å². The molecule has 0 unspecified atom stereocenters. The van der Waals surface area contributed by atoms with E-state index >= 15 is 0 Å². The van der Waals surface area contributed by atoms with Crippen LogP contribution in [0.15, 0.2) is 24.3 Å². The van der Waals surface area contributed by atoms with Gasteiger partial charge in [0, 0.05) is 63.4 Å². The van der Waals surface area contributed by atoms with Gasteiger partial charge in [0.2, 0.25) is 5.95 Å². The van der Waals surface area contributed by atoms with E-state index in [4.69, 9.17) is 14.7 Å². The molecule has 2 aromatic rings. The lowest BCUT2D eigenvalue weighted by atomic mass is 10.0. The molecule has 0 saturated carbocycles. The Bertz CT molecular complexity index is 982. The Hall–Kier alpha value is -2.87. The third kappa shape index (κ3) is 4.11. The van der Waals surface area contributed by atoms with Gasteiger partial charge in [-0.1, -0.05) is 6.07 Å². The Kier molecular flexibility index (Phi) is 5.87. The Morgan fingerprint density at radius 3 is 2.50 bits per heavy atom. The standard InChI is InChI=1S/C24H32N6O2/c1-27-12-14-28(15-13-27)22-20-17-30(23(31)18-6-5-7-19(16-18)32-2)11-8-21(20)25-24(26-22)29-9-3-4-10-29/h5-7,16H,3-4,8-15,17H2,1-2H3. The molecule has 1 aromatic carbocycles. The van der Waals surface area contributed by atoms with E-state index in [9.17, 15) is 4.79 Å². The predicted molar refractivity (Wildman–Crippen MR) is 125 cm³/mol. The lowest BCUT2D eigenvalue weighted by Crippen LogP contribution is -2.46. The van der Waals surface area contributed by atoms with Crippen LogP contribution in [0.1, 0.15) is 34.5 Å². The van der Waals surface area contributed by atoms with Gasteiger partial charge in [0.15, 0.2) is 0 Å². The molecule has 3 aliphatic rings. The number of piperazine rings is 1. The minimum Gasteiger partial charge on any atom is -0.497 e. The zero-order valence-electron chi connectivity index (χ0n) is 19.1. The summed E-state index contributed by atoms with van der Waals surface area (Å²) in [7, 11) is 3.79. The van der Waals surface area contributed by atoms with Crippen molar-refractivity contribution in [3.05, 3.63) is 41.1 Å². The van der Waals surface area contributed by atoms with Crippen LogP contribution in [-0.2, 0) is 13.0 Å². The monoisotopic (exact) mass is 436 g/mol. The minimum absolute atomic E-state index is 0.0301. The first-order valence-electron chi connectivity index (χ1n) is 11.6. The predicted octanol–water partition coefficient (Wildman–Crippen LogP) is 2.04. The van der Waals surface area contributed by atoms with Crippen molar-refractivity contribution in [1.29, 1.82) is 0 Å². The first kappa shape index (κ1) is 21.0. The summed E-state index contributed by atoms with van der Waals surface area (Å²) in [5.74, 6) is 2.61. The summed E-state index contributed by atoms with van der Waals surface area (Å²) >= 11 is 0. The van der Waals surface area contributed by atoms with Crippen LogP contribution in [-0.4, -0.2) is 85.6 Å². The highest BCUT2D eigenvalue weighted by atomic mass is 16.5. The van der Waals surface area contributed by atoms with Crippen molar-refractivity contribution in [3.63, 3.8) is 0 Å². The van der Waals surface area contributed by atoms with Crippen LogP contribution in [0.25, 0.3) is 0 Å². The number of carbonyl (C=O) groups excluding carboxylic acids is 1. The van der Waals surface area contributed by atoms with E-state index in [1.165, 1.54) is 12.8 Å². The SMILES string of the molecule is COc1cccc(C(=O)N2CCc3nc(N4CCCC4)nc(N4CCN(C)CC4)c3C2)c1. The highest BCUT2D eigenvalue weighted by molar-refractivity contribution is 5.94. The van der Waals surface area contributed by atoms with Gasteiger partial charge in [-0.15, -0.1) is 0 Å². The summed E-state index contributed by atoms with van der Waals surface area (Å²) in [5.41, 5.74) is 2.87. The van der Waals surface area contributed by atoms with Gasteiger partial charge in [0.25, 0.3) is 5.91 Å². The third-order valence-electron chi connectivity index (χ3n) is 6.82. The average Bonchev–Trinajstić information content (AvgIpc) is 3.38. The molecule has 1 amide bonds. The van der Waals surface area contributed by atoms with Crippen molar-refractivity contribution in [2.24, 2.45) is 0 Å². The van der Waals surface area contributed by atoms with E-state index in [1.807, 2.05) is 29.2 Å². The van der Waals surface area contributed by atoms with Crippen LogP contribution in [0.2, 0.25) is 0 Å². The maximum atomic E-state index is 13.3. The molecule has 0 atom stereocenters. The van der Waals surface area contributed by atoms with Crippen molar-refractivity contribution in [2.75, 3.05) is 69.8 Å². The Morgan fingerprint density at radius 2 is 1.75 bits per heavy atom.